The molecule has 0 aliphatic carbocycles. The molecule has 0 bridgehead atoms. The van der Waals surface area contributed by atoms with Gasteiger partial charge >= 0.3 is 0 Å². The van der Waals surface area contributed by atoms with Gasteiger partial charge in [-0.25, -0.2) is 13.2 Å². The molecule has 0 aliphatic heterocycles. The highest BCUT2D eigenvalue weighted by molar-refractivity contribution is 6.32. The molecular weight excluding hydrogens is 291 g/mol. The van der Waals surface area contributed by atoms with Gasteiger partial charge in [0.25, 0.3) is 0 Å². The molecule has 0 saturated heterocycles. The largest absolute Gasteiger partial charge is 0.322 e. The van der Waals surface area contributed by atoms with Crippen molar-refractivity contribution < 1.29 is 18.0 Å². The van der Waals surface area contributed by atoms with Gasteiger partial charge in [-0.1, -0.05) is 30.3 Å². The van der Waals surface area contributed by atoms with Gasteiger partial charge in [-0.3, -0.25) is 4.79 Å². The molecule has 0 aliphatic rings. The number of alkyl halides is 1. The van der Waals surface area contributed by atoms with E-state index in [1.54, 1.807) is 30.3 Å². The second-order valence-electron chi connectivity index (χ2n) is 4.01. The summed E-state index contributed by atoms with van der Waals surface area (Å²) >= 11 is 5.93. The van der Waals surface area contributed by atoms with Crippen molar-refractivity contribution in [2.75, 3.05) is 5.32 Å². The molecular formula is C14H9ClF3NO. The lowest BCUT2D eigenvalue weighted by atomic mass is 10.1. The van der Waals surface area contributed by atoms with Crippen molar-refractivity contribution in [1.82, 2.24) is 0 Å². The molecule has 1 N–H and O–H groups in total. The van der Waals surface area contributed by atoms with Crippen LogP contribution in [0.4, 0.5) is 18.9 Å². The van der Waals surface area contributed by atoms with E-state index in [1.807, 2.05) is 0 Å². The Kier molecular flexibility index (Phi) is 4.29. The van der Waals surface area contributed by atoms with Gasteiger partial charge < -0.3 is 5.32 Å². The summed E-state index contributed by atoms with van der Waals surface area (Å²) in [6, 6.07) is 9.30. The lowest BCUT2D eigenvalue weighted by molar-refractivity contribution is -0.116. The first-order valence-electron chi connectivity index (χ1n) is 5.63. The lowest BCUT2D eigenvalue weighted by Crippen LogP contribution is -2.18. The van der Waals surface area contributed by atoms with Crippen LogP contribution >= 0.6 is 11.6 Å². The van der Waals surface area contributed by atoms with Crippen LogP contribution in [0.5, 0.6) is 0 Å². The van der Waals surface area contributed by atoms with E-state index in [0.29, 0.717) is 17.7 Å². The lowest BCUT2D eigenvalue weighted by Gasteiger charge is -2.11. The zero-order chi connectivity index (χ0) is 14.7. The molecule has 1 atom stereocenters. The second-order valence-corrected chi connectivity index (χ2v) is 4.45. The van der Waals surface area contributed by atoms with Crippen molar-refractivity contribution in [2.24, 2.45) is 0 Å². The van der Waals surface area contributed by atoms with Gasteiger partial charge in [0.05, 0.1) is 5.69 Å². The maximum absolute atomic E-state index is 13.4. The Morgan fingerprint density at radius 1 is 1.00 bits per heavy atom. The van der Waals surface area contributed by atoms with E-state index in [0.717, 1.165) is 0 Å². The first-order chi connectivity index (χ1) is 9.49. The summed E-state index contributed by atoms with van der Waals surface area (Å²) in [4.78, 5) is 11.8. The van der Waals surface area contributed by atoms with Crippen molar-refractivity contribution in [3.63, 3.8) is 0 Å². The van der Waals surface area contributed by atoms with Crippen molar-refractivity contribution in [3.05, 3.63) is 65.5 Å². The monoisotopic (exact) mass is 299 g/mol. The van der Waals surface area contributed by atoms with Crippen LogP contribution in [0.1, 0.15) is 10.9 Å². The Hall–Kier alpha value is -2.01. The number of carbonyl (C=O) groups excluding carboxylic acids is 1. The Morgan fingerprint density at radius 3 is 2.25 bits per heavy atom. The van der Waals surface area contributed by atoms with E-state index < -0.39 is 34.4 Å². The van der Waals surface area contributed by atoms with Crippen molar-refractivity contribution >= 4 is 23.2 Å². The molecule has 0 fully saturated rings. The molecule has 0 heterocycles. The van der Waals surface area contributed by atoms with E-state index in [1.165, 1.54) is 0 Å². The predicted octanol–water partition coefficient (Wildman–Crippen LogP) is 4.02. The minimum Gasteiger partial charge on any atom is -0.322 e. The normalized spacial score (nSPS) is 12.0. The fourth-order valence-corrected chi connectivity index (χ4v) is 1.79. The first-order valence-corrected chi connectivity index (χ1v) is 6.07. The number of benzene rings is 2. The molecule has 20 heavy (non-hydrogen) atoms. The quantitative estimate of drug-likeness (QED) is 0.673. The average molecular weight is 300 g/mol. The minimum absolute atomic E-state index is 0.358. The van der Waals surface area contributed by atoms with Crippen molar-refractivity contribution in [1.29, 1.82) is 0 Å². The van der Waals surface area contributed by atoms with Crippen LogP contribution in [0.2, 0.25) is 0 Å². The maximum Gasteiger partial charge on any atom is 0.247 e. The number of rotatable bonds is 3. The zero-order valence-electron chi connectivity index (χ0n) is 10.0. The van der Waals surface area contributed by atoms with Gasteiger partial charge in [0.2, 0.25) is 5.91 Å². The third kappa shape index (κ3) is 3.11. The molecule has 1 unspecified atom stereocenters. The van der Waals surface area contributed by atoms with Crippen LogP contribution in [-0.2, 0) is 4.79 Å². The maximum atomic E-state index is 13.4. The summed E-state index contributed by atoms with van der Waals surface area (Å²) < 4.78 is 39.2. The molecule has 2 rings (SSSR count). The van der Waals surface area contributed by atoms with Gasteiger partial charge in [0.15, 0.2) is 11.6 Å². The van der Waals surface area contributed by atoms with Gasteiger partial charge in [-0.2, -0.15) is 0 Å². The third-order valence-electron chi connectivity index (χ3n) is 2.59. The Labute approximate surface area is 118 Å². The number of halogens is 4. The topological polar surface area (TPSA) is 29.1 Å². The van der Waals surface area contributed by atoms with Crippen LogP contribution in [0, 0.1) is 17.5 Å². The van der Waals surface area contributed by atoms with Gasteiger partial charge in [0.1, 0.15) is 11.2 Å². The number of anilines is 1. The van der Waals surface area contributed by atoms with Crippen LogP contribution in [0.3, 0.4) is 0 Å². The van der Waals surface area contributed by atoms with Gasteiger partial charge in [-0.05, 0) is 5.56 Å². The van der Waals surface area contributed by atoms with Gasteiger partial charge in [-0.15, -0.1) is 11.6 Å². The standard InChI is InChI=1S/C14H9ClF3NO/c15-13(8-4-2-1-3-5-8)14(20)19-12-7-10(17)9(16)6-11(12)18/h1-7,13H,(H,19,20). The minimum atomic E-state index is -1.33. The second kappa shape index (κ2) is 5.96. The summed E-state index contributed by atoms with van der Waals surface area (Å²) in [5.74, 6) is -4.39. The molecule has 0 spiro atoms. The summed E-state index contributed by atoms with van der Waals surface area (Å²) in [6.07, 6.45) is 0. The molecule has 2 aromatic rings. The Balaban J connectivity index is 2.18. The molecule has 104 valence electrons. The summed E-state index contributed by atoms with van der Waals surface area (Å²) in [5.41, 5.74) is 0.0464. The molecule has 2 aromatic carbocycles. The summed E-state index contributed by atoms with van der Waals surface area (Å²) in [5, 5.41) is 1.06. The van der Waals surface area contributed by atoms with Crippen molar-refractivity contribution in [3.8, 4) is 0 Å². The number of nitrogens with one attached hydrogen (secondary N) is 1. The molecule has 0 saturated carbocycles. The van der Waals surface area contributed by atoms with Crippen LogP contribution in [0.15, 0.2) is 42.5 Å². The average Bonchev–Trinajstić information content (AvgIpc) is 2.44. The summed E-state index contributed by atoms with van der Waals surface area (Å²) in [6.45, 7) is 0. The number of hydrogen-bond acceptors (Lipinski definition) is 1. The Morgan fingerprint density at radius 2 is 1.60 bits per heavy atom. The Bertz CT molecular complexity index is 634. The van der Waals surface area contributed by atoms with Crippen LogP contribution in [-0.4, -0.2) is 5.91 Å². The highest BCUT2D eigenvalue weighted by Gasteiger charge is 2.19. The molecule has 0 radical (unpaired) electrons. The van der Waals surface area contributed by atoms with Crippen LogP contribution < -0.4 is 5.32 Å². The van der Waals surface area contributed by atoms with Crippen LogP contribution in [0.25, 0.3) is 0 Å². The third-order valence-corrected chi connectivity index (χ3v) is 3.04. The fraction of sp³-hybridized carbons (Fsp3) is 0.0714. The SMILES string of the molecule is O=C(Nc1cc(F)c(F)cc1F)C(Cl)c1ccccc1. The highest BCUT2D eigenvalue weighted by atomic mass is 35.5. The van der Waals surface area contributed by atoms with E-state index in [9.17, 15) is 18.0 Å². The van der Waals surface area contributed by atoms with Crippen molar-refractivity contribution in [2.45, 2.75) is 5.38 Å². The van der Waals surface area contributed by atoms with E-state index in [-0.39, 0.29) is 0 Å². The highest BCUT2D eigenvalue weighted by Crippen LogP contribution is 2.24. The van der Waals surface area contributed by atoms with Gasteiger partial charge in [0, 0.05) is 12.1 Å². The van der Waals surface area contributed by atoms with E-state index in [2.05, 4.69) is 5.32 Å². The zero-order valence-corrected chi connectivity index (χ0v) is 10.8. The smallest absolute Gasteiger partial charge is 0.247 e. The molecule has 0 aromatic heterocycles. The van der Waals surface area contributed by atoms with E-state index in [4.69, 9.17) is 11.6 Å². The fourth-order valence-electron chi connectivity index (χ4n) is 1.59. The number of amides is 1. The first kappa shape index (κ1) is 14.4. The summed E-state index contributed by atoms with van der Waals surface area (Å²) in [7, 11) is 0. The number of carbonyl (C=O) groups is 1. The van der Waals surface area contributed by atoms with E-state index >= 15 is 0 Å². The number of hydrogen-bond donors (Lipinski definition) is 1. The molecule has 2 nitrogen and oxygen atoms in total. The predicted molar refractivity (Wildman–Crippen MR) is 70.0 cm³/mol. The molecule has 1 amide bonds. The molecule has 6 heteroatoms.